The lowest BCUT2D eigenvalue weighted by atomic mass is 9.89. The minimum Gasteiger partial charge on any atom is -0.497 e. The van der Waals surface area contributed by atoms with Gasteiger partial charge in [0, 0.05) is 22.3 Å². The molecule has 0 atom stereocenters. The number of rotatable bonds is 2. The molecule has 0 aromatic heterocycles. The van der Waals surface area contributed by atoms with Crippen LogP contribution in [-0.4, -0.2) is 14.2 Å². The molecule has 0 spiro atoms. The van der Waals surface area contributed by atoms with Crippen molar-refractivity contribution in [1.29, 1.82) is 0 Å². The fourth-order valence-corrected chi connectivity index (χ4v) is 4.63. The molecule has 0 amide bonds. The van der Waals surface area contributed by atoms with Gasteiger partial charge in [0.05, 0.1) is 25.3 Å². The first kappa shape index (κ1) is 28.4. The summed E-state index contributed by atoms with van der Waals surface area (Å²) in [5, 5.41) is -2.31. The number of methoxy groups -OCH3 is 2. The number of halogens is 6. The van der Waals surface area contributed by atoms with Gasteiger partial charge in [-0.1, -0.05) is 35.8 Å². The Morgan fingerprint density at radius 3 is 1.05 bits per heavy atom. The quantitative estimate of drug-likeness (QED) is 0.119. The summed E-state index contributed by atoms with van der Waals surface area (Å²) >= 11 is 0. The second-order valence-electron chi connectivity index (χ2n) is 9.22. The molecular formula is C34H20F6O2. The van der Waals surface area contributed by atoms with Crippen molar-refractivity contribution in [2.45, 2.75) is 12.4 Å². The largest absolute Gasteiger partial charge is 0.497 e. The van der Waals surface area contributed by atoms with Gasteiger partial charge < -0.3 is 9.47 Å². The van der Waals surface area contributed by atoms with Gasteiger partial charge in [0.2, 0.25) is 0 Å². The van der Waals surface area contributed by atoms with Crippen molar-refractivity contribution in [3.8, 4) is 35.2 Å². The first-order valence-corrected chi connectivity index (χ1v) is 12.5. The van der Waals surface area contributed by atoms with Crippen molar-refractivity contribution >= 4 is 21.5 Å². The summed E-state index contributed by atoms with van der Waals surface area (Å²) < 4.78 is 97.1. The van der Waals surface area contributed by atoms with E-state index in [-0.39, 0.29) is 11.1 Å². The lowest BCUT2D eigenvalue weighted by Gasteiger charge is -2.20. The molecule has 0 saturated heterocycles. The van der Waals surface area contributed by atoms with Crippen LogP contribution in [0.4, 0.5) is 26.3 Å². The van der Waals surface area contributed by atoms with Gasteiger partial charge in [-0.2, -0.15) is 26.3 Å². The lowest BCUT2D eigenvalue weighted by Crippen LogP contribution is -2.13. The highest BCUT2D eigenvalue weighted by Crippen LogP contribution is 2.47. The average Bonchev–Trinajstić information content (AvgIpc) is 2.96. The highest BCUT2D eigenvalue weighted by Gasteiger charge is 2.41. The molecule has 0 bridgehead atoms. The number of fused-ring (bicyclic) bond motifs is 2. The van der Waals surface area contributed by atoms with Crippen LogP contribution in [0.5, 0.6) is 11.5 Å². The normalized spacial score (nSPS) is 11.4. The van der Waals surface area contributed by atoms with Crippen LogP contribution in [0, 0.1) is 23.7 Å². The van der Waals surface area contributed by atoms with E-state index in [1.807, 2.05) is 0 Å². The Kier molecular flexibility index (Phi) is 7.49. The van der Waals surface area contributed by atoms with Crippen molar-refractivity contribution in [3.63, 3.8) is 0 Å². The summed E-state index contributed by atoms with van der Waals surface area (Å²) in [6.07, 6.45) is -9.89. The molecule has 0 heterocycles. The Morgan fingerprint density at radius 1 is 0.429 bits per heavy atom. The van der Waals surface area contributed by atoms with Crippen molar-refractivity contribution in [1.82, 2.24) is 0 Å². The molecule has 0 N–H and O–H groups in total. The van der Waals surface area contributed by atoms with Crippen LogP contribution in [0.15, 0.2) is 84.9 Å². The third-order valence-electron chi connectivity index (χ3n) is 6.57. The second-order valence-corrected chi connectivity index (χ2v) is 9.22. The average molecular weight is 575 g/mol. The topological polar surface area (TPSA) is 18.5 Å². The Morgan fingerprint density at radius 2 is 0.738 bits per heavy atom. The molecular weight excluding hydrogens is 554 g/mol. The molecule has 5 aromatic rings. The van der Waals surface area contributed by atoms with E-state index in [4.69, 9.17) is 9.47 Å². The molecule has 5 aromatic carbocycles. The fraction of sp³-hybridized carbons (Fsp3) is 0.118. The van der Waals surface area contributed by atoms with Gasteiger partial charge in [0.25, 0.3) is 0 Å². The van der Waals surface area contributed by atoms with Gasteiger partial charge in [-0.3, -0.25) is 0 Å². The van der Waals surface area contributed by atoms with E-state index in [0.29, 0.717) is 22.6 Å². The minimum atomic E-state index is -4.95. The molecule has 0 aliphatic rings. The second kappa shape index (κ2) is 11.1. The molecule has 0 unspecified atom stereocenters. The van der Waals surface area contributed by atoms with E-state index in [1.54, 1.807) is 48.5 Å². The summed E-state index contributed by atoms with van der Waals surface area (Å²) in [7, 11) is 3.01. The summed E-state index contributed by atoms with van der Waals surface area (Å²) in [5.74, 6) is 12.4. The number of alkyl halides is 6. The van der Waals surface area contributed by atoms with E-state index >= 15 is 0 Å². The fourth-order valence-electron chi connectivity index (χ4n) is 4.63. The van der Waals surface area contributed by atoms with Crippen molar-refractivity contribution in [2.75, 3.05) is 14.2 Å². The maximum atomic E-state index is 14.5. The number of benzene rings is 5. The molecule has 0 saturated carbocycles. The van der Waals surface area contributed by atoms with Crippen LogP contribution in [0.2, 0.25) is 0 Å². The van der Waals surface area contributed by atoms with Gasteiger partial charge >= 0.3 is 12.4 Å². The number of hydrogen-bond acceptors (Lipinski definition) is 2. The number of hydrogen-bond donors (Lipinski definition) is 0. The van der Waals surface area contributed by atoms with Crippen LogP contribution < -0.4 is 9.47 Å². The summed E-state index contributed by atoms with van der Waals surface area (Å²) in [4.78, 5) is 0. The van der Waals surface area contributed by atoms with E-state index in [1.165, 1.54) is 26.4 Å². The van der Waals surface area contributed by atoms with Gasteiger partial charge in [-0.05, 0) is 94.3 Å². The van der Waals surface area contributed by atoms with E-state index in [2.05, 4.69) is 23.7 Å². The zero-order chi connectivity index (χ0) is 30.1. The Balaban J connectivity index is 1.70. The lowest BCUT2D eigenvalue weighted by molar-refractivity contribution is -0.137. The molecule has 0 aliphatic carbocycles. The zero-order valence-corrected chi connectivity index (χ0v) is 22.2. The van der Waals surface area contributed by atoms with Gasteiger partial charge in [-0.25, -0.2) is 0 Å². The first-order valence-electron chi connectivity index (χ1n) is 12.5. The molecule has 2 nitrogen and oxygen atoms in total. The van der Waals surface area contributed by atoms with Crippen molar-refractivity contribution in [3.05, 3.63) is 118 Å². The molecule has 0 aliphatic heterocycles. The highest BCUT2D eigenvalue weighted by atomic mass is 19.4. The SMILES string of the molecule is COc1ccc(C#Cc2ccc3c(C(F)(F)F)c4cc(C#Cc5ccc(OC)cc5)ccc4c(C(F)(F)F)c3c2)cc1. The van der Waals surface area contributed by atoms with Crippen LogP contribution >= 0.6 is 0 Å². The maximum Gasteiger partial charge on any atom is 0.417 e. The maximum absolute atomic E-state index is 14.5. The van der Waals surface area contributed by atoms with Crippen LogP contribution in [0.3, 0.4) is 0 Å². The Hall–Kier alpha value is -5.08. The third kappa shape index (κ3) is 5.84. The smallest absolute Gasteiger partial charge is 0.417 e. The van der Waals surface area contributed by atoms with E-state index < -0.39 is 45.0 Å². The van der Waals surface area contributed by atoms with E-state index in [9.17, 15) is 26.3 Å². The summed E-state index contributed by atoms with van der Waals surface area (Å²) in [5.41, 5.74) is -0.933. The molecule has 8 heteroatoms. The minimum absolute atomic E-state index is 0.137. The molecule has 5 rings (SSSR count). The highest BCUT2D eigenvalue weighted by molar-refractivity contribution is 6.07. The standard InChI is InChI=1S/C34H20F6O2/c1-41-25-13-7-21(8-14-25)3-5-23-11-17-27-29(19-23)31(33(35,36)37)28-18-12-24(20-30(28)32(27)34(38,39)40)6-4-22-9-15-26(42-2)16-10-22/h7-20H,1-2H3. The predicted octanol–water partition coefficient (Wildman–Crippen LogP) is 8.85. The molecule has 42 heavy (non-hydrogen) atoms. The molecule has 210 valence electrons. The van der Waals surface area contributed by atoms with Crippen LogP contribution in [0.1, 0.15) is 33.4 Å². The summed E-state index contributed by atoms with van der Waals surface area (Å²) in [6, 6.07) is 20.1. The Labute approximate surface area is 237 Å². The molecule has 0 radical (unpaired) electrons. The first-order chi connectivity index (χ1) is 20.0. The molecule has 0 fully saturated rings. The zero-order valence-electron chi connectivity index (χ0n) is 22.2. The van der Waals surface area contributed by atoms with E-state index in [0.717, 1.165) is 24.3 Å². The van der Waals surface area contributed by atoms with Gasteiger partial charge in [0.15, 0.2) is 0 Å². The van der Waals surface area contributed by atoms with Crippen LogP contribution in [-0.2, 0) is 12.4 Å². The van der Waals surface area contributed by atoms with Crippen molar-refractivity contribution in [2.24, 2.45) is 0 Å². The van der Waals surface area contributed by atoms with Gasteiger partial charge in [0.1, 0.15) is 11.5 Å². The summed E-state index contributed by atoms with van der Waals surface area (Å²) in [6.45, 7) is 0. The predicted molar refractivity (Wildman–Crippen MR) is 149 cm³/mol. The monoisotopic (exact) mass is 574 g/mol. The Bertz CT molecular complexity index is 1770. The number of ether oxygens (including phenoxy) is 2. The van der Waals surface area contributed by atoms with Crippen molar-refractivity contribution < 1.29 is 35.8 Å². The van der Waals surface area contributed by atoms with Gasteiger partial charge in [-0.15, -0.1) is 0 Å². The van der Waals surface area contributed by atoms with Crippen LogP contribution in [0.25, 0.3) is 21.5 Å². The third-order valence-corrected chi connectivity index (χ3v) is 6.57.